The molecular formula is C14H14F3N3O. The Labute approximate surface area is 119 Å². The van der Waals surface area contributed by atoms with Gasteiger partial charge in [-0.3, -0.25) is 0 Å². The molecule has 0 amide bonds. The van der Waals surface area contributed by atoms with Gasteiger partial charge >= 0.3 is 6.18 Å². The molecule has 1 aliphatic heterocycles. The molecule has 3 rings (SSSR count). The summed E-state index contributed by atoms with van der Waals surface area (Å²) in [6.07, 6.45) is -1.47. The zero-order chi connectivity index (χ0) is 14.9. The zero-order valence-electron chi connectivity index (χ0n) is 11.2. The number of alkyl halides is 3. The zero-order valence-corrected chi connectivity index (χ0v) is 11.2. The Morgan fingerprint density at radius 1 is 1.19 bits per heavy atom. The first-order valence-corrected chi connectivity index (χ1v) is 6.79. The molecule has 1 fully saturated rings. The molecule has 4 nitrogen and oxygen atoms in total. The standard InChI is InChI=1S/C14H14F3N3O/c15-14(16,17)10-6-2-1-5-9(10)13-19-12(20-21-13)11-7-3-4-8-18-11/h1-2,5-6,11,18H,3-4,7-8H2. The van der Waals surface area contributed by atoms with Crippen molar-refractivity contribution in [2.45, 2.75) is 31.5 Å². The van der Waals surface area contributed by atoms with Crippen molar-refractivity contribution in [3.8, 4) is 11.5 Å². The van der Waals surface area contributed by atoms with Gasteiger partial charge in [0, 0.05) is 0 Å². The fraction of sp³-hybridized carbons (Fsp3) is 0.429. The van der Waals surface area contributed by atoms with E-state index in [1.54, 1.807) is 0 Å². The van der Waals surface area contributed by atoms with Gasteiger partial charge in [-0.05, 0) is 31.5 Å². The van der Waals surface area contributed by atoms with E-state index in [0.717, 1.165) is 31.9 Å². The minimum Gasteiger partial charge on any atom is -0.334 e. The normalized spacial score (nSPS) is 19.7. The average molecular weight is 297 g/mol. The van der Waals surface area contributed by atoms with E-state index in [0.29, 0.717) is 5.82 Å². The van der Waals surface area contributed by atoms with Gasteiger partial charge in [0.15, 0.2) is 5.82 Å². The lowest BCUT2D eigenvalue weighted by molar-refractivity contribution is -0.137. The first-order valence-electron chi connectivity index (χ1n) is 6.79. The summed E-state index contributed by atoms with van der Waals surface area (Å²) in [5, 5.41) is 7.06. The van der Waals surface area contributed by atoms with E-state index in [1.807, 2.05) is 0 Å². The van der Waals surface area contributed by atoms with Crippen molar-refractivity contribution in [1.82, 2.24) is 15.5 Å². The summed E-state index contributed by atoms with van der Waals surface area (Å²) < 4.78 is 44.0. The van der Waals surface area contributed by atoms with Crippen molar-refractivity contribution >= 4 is 0 Å². The largest absolute Gasteiger partial charge is 0.417 e. The van der Waals surface area contributed by atoms with E-state index < -0.39 is 11.7 Å². The highest BCUT2D eigenvalue weighted by Crippen LogP contribution is 2.36. The van der Waals surface area contributed by atoms with E-state index >= 15 is 0 Å². The van der Waals surface area contributed by atoms with Crippen LogP contribution in [0, 0.1) is 0 Å². The number of nitrogens with one attached hydrogen (secondary N) is 1. The molecule has 0 bridgehead atoms. The maximum Gasteiger partial charge on any atom is 0.417 e. The molecule has 0 saturated carbocycles. The van der Waals surface area contributed by atoms with Crippen molar-refractivity contribution in [3.63, 3.8) is 0 Å². The van der Waals surface area contributed by atoms with Crippen LogP contribution in [0.1, 0.15) is 36.7 Å². The van der Waals surface area contributed by atoms with Crippen LogP contribution < -0.4 is 5.32 Å². The van der Waals surface area contributed by atoms with E-state index in [2.05, 4.69) is 15.5 Å². The summed E-state index contributed by atoms with van der Waals surface area (Å²) in [6, 6.07) is 5.17. The molecule has 0 spiro atoms. The number of piperidine rings is 1. The fourth-order valence-corrected chi connectivity index (χ4v) is 2.47. The van der Waals surface area contributed by atoms with Crippen LogP contribution in [0.5, 0.6) is 0 Å². The Balaban J connectivity index is 1.93. The van der Waals surface area contributed by atoms with Gasteiger partial charge in [0.05, 0.1) is 17.2 Å². The van der Waals surface area contributed by atoms with Gasteiger partial charge in [-0.2, -0.15) is 18.2 Å². The van der Waals surface area contributed by atoms with Crippen LogP contribution in [0.3, 0.4) is 0 Å². The Morgan fingerprint density at radius 3 is 2.71 bits per heavy atom. The highest BCUT2D eigenvalue weighted by molar-refractivity contribution is 5.59. The van der Waals surface area contributed by atoms with Gasteiger partial charge in [0.1, 0.15) is 0 Å². The summed E-state index contributed by atoms with van der Waals surface area (Å²) in [6.45, 7) is 0.855. The first-order chi connectivity index (χ1) is 10.1. The maximum atomic E-state index is 13.0. The molecule has 1 saturated heterocycles. The van der Waals surface area contributed by atoms with E-state index in [1.165, 1.54) is 18.2 Å². The molecule has 1 atom stereocenters. The molecule has 2 aromatic rings. The average Bonchev–Trinajstić information content (AvgIpc) is 2.97. The van der Waals surface area contributed by atoms with Gasteiger partial charge in [-0.25, -0.2) is 0 Å². The Morgan fingerprint density at radius 2 is 2.00 bits per heavy atom. The van der Waals surface area contributed by atoms with Crippen LogP contribution in [-0.2, 0) is 6.18 Å². The molecular weight excluding hydrogens is 283 g/mol. The monoisotopic (exact) mass is 297 g/mol. The van der Waals surface area contributed by atoms with Crippen molar-refractivity contribution in [1.29, 1.82) is 0 Å². The Bertz CT molecular complexity index is 618. The van der Waals surface area contributed by atoms with Crippen molar-refractivity contribution in [3.05, 3.63) is 35.7 Å². The summed E-state index contributed by atoms with van der Waals surface area (Å²) in [5.41, 5.74) is -0.851. The summed E-state index contributed by atoms with van der Waals surface area (Å²) >= 11 is 0. The second-order valence-electron chi connectivity index (χ2n) is 5.00. The van der Waals surface area contributed by atoms with Crippen LogP contribution in [0.15, 0.2) is 28.8 Å². The molecule has 1 aromatic heterocycles. The second-order valence-corrected chi connectivity index (χ2v) is 5.00. The number of hydrogen-bond donors (Lipinski definition) is 1. The molecule has 1 N–H and O–H groups in total. The van der Waals surface area contributed by atoms with E-state index in [4.69, 9.17) is 4.52 Å². The van der Waals surface area contributed by atoms with Crippen molar-refractivity contribution in [2.24, 2.45) is 0 Å². The number of rotatable bonds is 2. The Kier molecular flexibility index (Phi) is 3.67. The highest BCUT2D eigenvalue weighted by atomic mass is 19.4. The predicted molar refractivity (Wildman–Crippen MR) is 69.3 cm³/mol. The molecule has 0 radical (unpaired) electrons. The Hall–Kier alpha value is -1.89. The third kappa shape index (κ3) is 2.92. The minimum absolute atomic E-state index is 0.0469. The number of nitrogens with zero attached hydrogens (tertiary/aromatic N) is 2. The van der Waals surface area contributed by atoms with Gasteiger partial charge in [0.25, 0.3) is 5.89 Å². The molecule has 1 aliphatic rings. The SMILES string of the molecule is FC(F)(F)c1ccccc1-c1nc(C2CCCCN2)no1. The second kappa shape index (κ2) is 5.48. The predicted octanol–water partition coefficient (Wildman–Crippen LogP) is 3.57. The molecule has 112 valence electrons. The lowest BCUT2D eigenvalue weighted by atomic mass is 10.0. The maximum absolute atomic E-state index is 13.0. The van der Waals surface area contributed by atoms with Crippen molar-refractivity contribution in [2.75, 3.05) is 6.54 Å². The summed E-state index contributed by atoms with van der Waals surface area (Å²) in [7, 11) is 0. The molecule has 21 heavy (non-hydrogen) atoms. The number of hydrogen-bond acceptors (Lipinski definition) is 4. The fourth-order valence-electron chi connectivity index (χ4n) is 2.47. The molecule has 2 heterocycles. The van der Waals surface area contributed by atoms with E-state index in [-0.39, 0.29) is 17.5 Å². The van der Waals surface area contributed by atoms with Crippen LogP contribution in [0.2, 0.25) is 0 Å². The van der Waals surface area contributed by atoms with Crippen LogP contribution in [0.25, 0.3) is 11.5 Å². The topological polar surface area (TPSA) is 51.0 Å². The molecule has 0 aliphatic carbocycles. The lowest BCUT2D eigenvalue weighted by Gasteiger charge is -2.19. The van der Waals surface area contributed by atoms with Crippen LogP contribution >= 0.6 is 0 Å². The number of aromatic nitrogens is 2. The van der Waals surface area contributed by atoms with E-state index in [9.17, 15) is 13.2 Å². The van der Waals surface area contributed by atoms with Gasteiger partial charge in [-0.15, -0.1) is 0 Å². The summed E-state index contributed by atoms with van der Waals surface area (Å²) in [4.78, 5) is 4.14. The quantitative estimate of drug-likeness (QED) is 0.920. The number of halogens is 3. The van der Waals surface area contributed by atoms with Gasteiger partial charge in [0.2, 0.25) is 0 Å². The third-order valence-corrected chi connectivity index (χ3v) is 3.53. The molecule has 7 heteroatoms. The number of benzene rings is 1. The lowest BCUT2D eigenvalue weighted by Crippen LogP contribution is -2.27. The molecule has 1 unspecified atom stereocenters. The van der Waals surface area contributed by atoms with Crippen molar-refractivity contribution < 1.29 is 17.7 Å². The van der Waals surface area contributed by atoms with Crippen LogP contribution in [-0.4, -0.2) is 16.7 Å². The van der Waals surface area contributed by atoms with Gasteiger partial charge < -0.3 is 9.84 Å². The van der Waals surface area contributed by atoms with Gasteiger partial charge in [-0.1, -0.05) is 23.7 Å². The third-order valence-electron chi connectivity index (χ3n) is 3.53. The smallest absolute Gasteiger partial charge is 0.334 e. The highest BCUT2D eigenvalue weighted by Gasteiger charge is 2.35. The van der Waals surface area contributed by atoms with Crippen LogP contribution in [0.4, 0.5) is 13.2 Å². The minimum atomic E-state index is -4.45. The first kappa shape index (κ1) is 14.1. The summed E-state index contributed by atoms with van der Waals surface area (Å²) in [5.74, 6) is 0.326. The molecule has 1 aromatic carbocycles.